The number of halogens is 1. The lowest BCUT2D eigenvalue weighted by Crippen LogP contribution is -2.54. The van der Waals surface area contributed by atoms with E-state index in [2.05, 4.69) is 33.5 Å². The standard InChI is InChI=1S/C21H34BrN3O4S/c1-3-4-9-24-19(28)17-21-12-13(22)16(30-21)14(18(27)23-2)15(21)20(29)25(17)10-7-5-6-8-11-26/h13-17,26H,3-12H2,1-2H3,(H,23,27)(H,24,28)/t13?,14-,15+,16-,17?,21?/m1/s1. The molecule has 3 heterocycles. The van der Waals surface area contributed by atoms with Gasteiger partial charge in [0.05, 0.1) is 16.6 Å². The Labute approximate surface area is 191 Å². The monoisotopic (exact) mass is 503 g/mol. The van der Waals surface area contributed by atoms with Crippen molar-refractivity contribution in [1.29, 1.82) is 0 Å². The Morgan fingerprint density at radius 3 is 2.63 bits per heavy atom. The molecule has 3 amide bonds. The van der Waals surface area contributed by atoms with Gasteiger partial charge in [0, 0.05) is 36.8 Å². The van der Waals surface area contributed by atoms with Gasteiger partial charge in [-0.15, -0.1) is 11.8 Å². The molecule has 1 spiro atoms. The lowest BCUT2D eigenvalue weighted by Gasteiger charge is -2.35. The van der Waals surface area contributed by atoms with Crippen molar-refractivity contribution < 1.29 is 19.5 Å². The van der Waals surface area contributed by atoms with Crippen LogP contribution in [0.3, 0.4) is 0 Å². The SMILES string of the molecule is CCCCNC(=O)C1N(CCCCCCO)C(=O)[C@@H]2[C@@H](C(=O)NC)[C@@H]3SC12CC3Br. The Kier molecular flexibility index (Phi) is 8.12. The van der Waals surface area contributed by atoms with Gasteiger partial charge in [0.1, 0.15) is 6.04 Å². The molecule has 2 bridgehead atoms. The summed E-state index contributed by atoms with van der Waals surface area (Å²) in [7, 11) is 1.61. The molecule has 170 valence electrons. The van der Waals surface area contributed by atoms with Gasteiger partial charge in [0.15, 0.2) is 0 Å². The van der Waals surface area contributed by atoms with Crippen molar-refractivity contribution in [3.05, 3.63) is 0 Å². The molecule has 0 aliphatic carbocycles. The van der Waals surface area contributed by atoms with Gasteiger partial charge in [-0.25, -0.2) is 0 Å². The Balaban J connectivity index is 1.85. The third-order valence-corrected chi connectivity index (χ3v) is 9.94. The second-order valence-electron chi connectivity index (χ2n) is 8.59. The summed E-state index contributed by atoms with van der Waals surface area (Å²) in [4.78, 5) is 41.5. The van der Waals surface area contributed by atoms with E-state index in [9.17, 15) is 14.4 Å². The molecule has 0 saturated carbocycles. The lowest BCUT2D eigenvalue weighted by molar-refractivity contribution is -0.139. The fourth-order valence-corrected chi connectivity index (χ4v) is 8.98. The molecular weight excluding hydrogens is 470 g/mol. The highest BCUT2D eigenvalue weighted by atomic mass is 79.9. The molecule has 3 unspecified atom stereocenters. The number of amides is 3. The van der Waals surface area contributed by atoms with E-state index >= 15 is 0 Å². The highest BCUT2D eigenvalue weighted by Gasteiger charge is 2.75. The summed E-state index contributed by atoms with van der Waals surface area (Å²) in [5, 5.41) is 14.8. The normalized spacial score (nSPS) is 34.3. The van der Waals surface area contributed by atoms with E-state index in [1.54, 1.807) is 23.7 Å². The Morgan fingerprint density at radius 1 is 1.23 bits per heavy atom. The van der Waals surface area contributed by atoms with Crippen molar-refractivity contribution >= 4 is 45.4 Å². The molecule has 0 radical (unpaired) electrons. The molecule has 3 N–H and O–H groups in total. The predicted molar refractivity (Wildman–Crippen MR) is 121 cm³/mol. The molecule has 0 aromatic carbocycles. The minimum Gasteiger partial charge on any atom is -0.396 e. The van der Waals surface area contributed by atoms with Crippen LogP contribution >= 0.6 is 27.7 Å². The van der Waals surface area contributed by atoms with Crippen molar-refractivity contribution in [3.8, 4) is 0 Å². The van der Waals surface area contributed by atoms with Gasteiger partial charge in [-0.05, 0) is 25.7 Å². The summed E-state index contributed by atoms with van der Waals surface area (Å²) in [5.41, 5.74) is 0. The molecule has 3 rings (SSSR count). The first-order valence-corrected chi connectivity index (χ1v) is 12.9. The van der Waals surface area contributed by atoms with Crippen LogP contribution in [0.4, 0.5) is 0 Å². The maximum atomic E-state index is 13.6. The van der Waals surface area contributed by atoms with E-state index < -0.39 is 22.6 Å². The quantitative estimate of drug-likeness (QED) is 0.294. The van der Waals surface area contributed by atoms with Gasteiger partial charge < -0.3 is 20.6 Å². The third kappa shape index (κ3) is 4.13. The minimum atomic E-state index is -0.547. The number of alkyl halides is 1. The minimum absolute atomic E-state index is 0.0107. The molecule has 9 heteroatoms. The van der Waals surface area contributed by atoms with Gasteiger partial charge in [-0.2, -0.15) is 0 Å². The van der Waals surface area contributed by atoms with Gasteiger partial charge in [-0.3, -0.25) is 14.4 Å². The van der Waals surface area contributed by atoms with Gasteiger partial charge in [0.2, 0.25) is 17.7 Å². The van der Waals surface area contributed by atoms with Crippen molar-refractivity contribution in [2.24, 2.45) is 11.8 Å². The second-order valence-corrected chi connectivity index (χ2v) is 11.3. The zero-order chi connectivity index (χ0) is 21.9. The van der Waals surface area contributed by atoms with Crippen molar-refractivity contribution in [3.63, 3.8) is 0 Å². The summed E-state index contributed by atoms with van der Waals surface area (Å²) >= 11 is 5.42. The number of hydrogen-bond donors (Lipinski definition) is 3. The molecule has 6 atom stereocenters. The van der Waals surface area contributed by atoms with E-state index in [0.29, 0.717) is 13.1 Å². The highest BCUT2D eigenvalue weighted by molar-refractivity contribution is 9.09. The molecule has 3 fully saturated rings. The average Bonchev–Trinajstić information content (AvgIpc) is 3.31. The largest absolute Gasteiger partial charge is 0.396 e. The number of aliphatic hydroxyl groups is 1. The first-order chi connectivity index (χ1) is 14.4. The molecule has 3 aliphatic heterocycles. The first-order valence-electron chi connectivity index (χ1n) is 11.2. The number of carbonyl (C=O) groups is 3. The van der Waals surface area contributed by atoms with Crippen LogP contribution in [-0.2, 0) is 14.4 Å². The van der Waals surface area contributed by atoms with Crippen LogP contribution in [0.1, 0.15) is 51.9 Å². The predicted octanol–water partition coefficient (Wildman–Crippen LogP) is 1.67. The van der Waals surface area contributed by atoms with Crippen molar-refractivity contribution in [1.82, 2.24) is 15.5 Å². The number of likely N-dealkylation sites (tertiary alicyclic amines) is 1. The lowest BCUT2D eigenvalue weighted by atomic mass is 9.70. The zero-order valence-corrected chi connectivity index (χ0v) is 20.3. The van der Waals surface area contributed by atoms with E-state index in [0.717, 1.165) is 44.9 Å². The molecule has 0 aromatic heterocycles. The van der Waals surface area contributed by atoms with Crippen LogP contribution < -0.4 is 10.6 Å². The average molecular weight is 504 g/mol. The summed E-state index contributed by atoms with van der Waals surface area (Å²) in [6.07, 6.45) is 5.97. The van der Waals surface area contributed by atoms with Crippen LogP contribution in [0.2, 0.25) is 0 Å². The zero-order valence-electron chi connectivity index (χ0n) is 17.9. The Morgan fingerprint density at radius 2 is 1.97 bits per heavy atom. The summed E-state index contributed by atoms with van der Waals surface area (Å²) in [5.74, 6) is -1.08. The number of fused-ring (bicyclic) bond motifs is 1. The van der Waals surface area contributed by atoms with E-state index in [-0.39, 0.29) is 34.4 Å². The van der Waals surface area contributed by atoms with Crippen molar-refractivity contribution in [2.45, 2.75) is 72.7 Å². The number of unbranched alkanes of at least 4 members (excludes halogenated alkanes) is 4. The van der Waals surface area contributed by atoms with E-state index in [1.807, 2.05) is 0 Å². The van der Waals surface area contributed by atoms with Gasteiger partial charge >= 0.3 is 0 Å². The van der Waals surface area contributed by atoms with Crippen LogP contribution in [0.15, 0.2) is 0 Å². The number of thioether (sulfide) groups is 1. The first kappa shape index (κ1) is 23.9. The highest BCUT2D eigenvalue weighted by Crippen LogP contribution is 2.67. The van der Waals surface area contributed by atoms with Crippen LogP contribution in [0.5, 0.6) is 0 Å². The van der Waals surface area contributed by atoms with E-state index in [1.165, 1.54) is 0 Å². The number of carbonyl (C=O) groups excluding carboxylic acids is 3. The third-order valence-electron chi connectivity index (χ3n) is 6.72. The van der Waals surface area contributed by atoms with Gasteiger partial charge in [-0.1, -0.05) is 42.1 Å². The molecule has 3 aliphatic rings. The summed E-state index contributed by atoms with van der Waals surface area (Å²) in [6.45, 7) is 3.38. The molecule has 3 saturated heterocycles. The maximum Gasteiger partial charge on any atom is 0.244 e. The van der Waals surface area contributed by atoms with E-state index in [4.69, 9.17) is 5.11 Å². The Hall–Kier alpha value is -0.800. The summed E-state index contributed by atoms with van der Waals surface area (Å²) < 4.78 is -0.547. The molecule has 0 aromatic rings. The second kappa shape index (κ2) is 10.2. The number of aliphatic hydroxyl groups excluding tert-OH is 1. The smallest absolute Gasteiger partial charge is 0.244 e. The number of hydrogen-bond acceptors (Lipinski definition) is 5. The number of rotatable bonds is 11. The molecular formula is C21H34BrN3O4S. The fraction of sp³-hybridized carbons (Fsp3) is 0.857. The fourth-order valence-electron chi connectivity index (χ4n) is 5.37. The van der Waals surface area contributed by atoms with Crippen LogP contribution in [-0.4, -0.2) is 75.3 Å². The number of nitrogens with one attached hydrogen (secondary N) is 2. The van der Waals surface area contributed by atoms with Crippen LogP contribution in [0.25, 0.3) is 0 Å². The van der Waals surface area contributed by atoms with Crippen LogP contribution in [0, 0.1) is 11.8 Å². The number of nitrogens with zero attached hydrogens (tertiary/aromatic N) is 1. The molecule has 30 heavy (non-hydrogen) atoms. The van der Waals surface area contributed by atoms with Crippen molar-refractivity contribution in [2.75, 3.05) is 26.7 Å². The van der Waals surface area contributed by atoms with Gasteiger partial charge in [0.25, 0.3) is 0 Å². The molecule has 7 nitrogen and oxygen atoms in total. The topological polar surface area (TPSA) is 98.7 Å². The maximum absolute atomic E-state index is 13.6. The Bertz CT molecular complexity index is 666. The summed E-state index contributed by atoms with van der Waals surface area (Å²) in [6, 6.07) is -0.533.